The van der Waals surface area contributed by atoms with Gasteiger partial charge in [-0.3, -0.25) is 14.2 Å². The van der Waals surface area contributed by atoms with Gasteiger partial charge in [-0.15, -0.1) is 17.9 Å². The van der Waals surface area contributed by atoms with E-state index in [2.05, 4.69) is 23.8 Å². The number of thiophene rings is 1. The topological polar surface area (TPSA) is 64.0 Å². The fraction of sp³-hybridized carbons (Fsp3) is 0.471. The SMILES string of the molecule is C=CCn1c(SCC(=O)NCC(C)C)nc2sc(CC)cc2c1=O. The molecule has 0 radical (unpaired) electrons. The molecule has 0 aromatic carbocycles. The lowest BCUT2D eigenvalue weighted by atomic mass is 10.2. The average molecular weight is 366 g/mol. The predicted octanol–water partition coefficient (Wildman–Crippen LogP) is 3.07. The summed E-state index contributed by atoms with van der Waals surface area (Å²) in [4.78, 5) is 31.1. The van der Waals surface area contributed by atoms with Crippen LogP contribution in [0.5, 0.6) is 0 Å². The molecule has 0 atom stereocenters. The number of amides is 1. The van der Waals surface area contributed by atoms with Gasteiger partial charge in [0.05, 0.1) is 11.1 Å². The summed E-state index contributed by atoms with van der Waals surface area (Å²) in [5.41, 5.74) is -0.0686. The molecule has 2 rings (SSSR count). The first kappa shape index (κ1) is 18.7. The molecule has 0 fully saturated rings. The maximum atomic E-state index is 12.7. The second-order valence-electron chi connectivity index (χ2n) is 5.87. The minimum atomic E-state index is -0.0686. The average Bonchev–Trinajstić information content (AvgIpc) is 2.97. The molecule has 24 heavy (non-hydrogen) atoms. The van der Waals surface area contributed by atoms with Crippen LogP contribution < -0.4 is 10.9 Å². The Morgan fingerprint density at radius 2 is 2.29 bits per heavy atom. The molecule has 2 aromatic rings. The highest BCUT2D eigenvalue weighted by atomic mass is 32.2. The van der Waals surface area contributed by atoms with Crippen LogP contribution in [0.1, 0.15) is 25.6 Å². The number of hydrogen-bond donors (Lipinski definition) is 1. The number of allylic oxidation sites excluding steroid dienone is 1. The summed E-state index contributed by atoms with van der Waals surface area (Å²) < 4.78 is 1.59. The van der Waals surface area contributed by atoms with Crippen LogP contribution >= 0.6 is 23.1 Å². The third kappa shape index (κ3) is 4.48. The highest BCUT2D eigenvalue weighted by molar-refractivity contribution is 7.99. The molecule has 0 aliphatic carbocycles. The van der Waals surface area contributed by atoms with E-state index < -0.39 is 0 Å². The van der Waals surface area contributed by atoms with Crippen LogP contribution in [0.15, 0.2) is 28.7 Å². The van der Waals surface area contributed by atoms with Crippen molar-refractivity contribution in [2.75, 3.05) is 12.3 Å². The summed E-state index contributed by atoms with van der Waals surface area (Å²) in [5.74, 6) is 0.605. The Hall–Kier alpha value is -1.60. The molecule has 2 aromatic heterocycles. The fourth-order valence-electron chi connectivity index (χ4n) is 2.12. The van der Waals surface area contributed by atoms with E-state index in [0.717, 1.165) is 16.1 Å². The molecular weight excluding hydrogens is 342 g/mol. The van der Waals surface area contributed by atoms with Crippen molar-refractivity contribution in [1.29, 1.82) is 0 Å². The summed E-state index contributed by atoms with van der Waals surface area (Å²) in [6.07, 6.45) is 2.55. The van der Waals surface area contributed by atoms with Gasteiger partial charge in [0.1, 0.15) is 4.83 Å². The Balaban J connectivity index is 2.27. The standard InChI is InChI=1S/C17H23N3O2S2/c1-5-7-20-16(22)13-8-12(6-2)24-15(13)19-17(20)23-10-14(21)18-9-11(3)4/h5,8,11H,1,6-7,9-10H2,2-4H3,(H,18,21). The number of hydrogen-bond acceptors (Lipinski definition) is 5. The van der Waals surface area contributed by atoms with Gasteiger partial charge < -0.3 is 5.32 Å². The number of aryl methyl sites for hydroxylation is 1. The van der Waals surface area contributed by atoms with Gasteiger partial charge in [-0.2, -0.15) is 0 Å². The number of carbonyl (C=O) groups excluding carboxylic acids is 1. The summed E-state index contributed by atoms with van der Waals surface area (Å²) in [5, 5.41) is 4.09. The quantitative estimate of drug-likeness (QED) is 0.444. The predicted molar refractivity (Wildman–Crippen MR) is 102 cm³/mol. The van der Waals surface area contributed by atoms with E-state index in [-0.39, 0.29) is 17.2 Å². The summed E-state index contributed by atoms with van der Waals surface area (Å²) in [7, 11) is 0. The van der Waals surface area contributed by atoms with Gasteiger partial charge in [-0.1, -0.05) is 38.6 Å². The minimum Gasteiger partial charge on any atom is -0.355 e. The van der Waals surface area contributed by atoms with Gasteiger partial charge in [0.2, 0.25) is 5.91 Å². The Kier molecular flexibility index (Phi) is 6.62. The monoisotopic (exact) mass is 365 g/mol. The molecule has 5 nitrogen and oxygen atoms in total. The Labute approximate surface area is 150 Å². The molecule has 0 bridgehead atoms. The lowest BCUT2D eigenvalue weighted by Gasteiger charge is -2.10. The number of aromatic nitrogens is 2. The van der Waals surface area contributed by atoms with E-state index >= 15 is 0 Å². The number of rotatable bonds is 8. The van der Waals surface area contributed by atoms with Crippen molar-refractivity contribution in [1.82, 2.24) is 14.9 Å². The smallest absolute Gasteiger partial charge is 0.263 e. The van der Waals surface area contributed by atoms with Crippen molar-refractivity contribution >= 4 is 39.2 Å². The molecule has 0 aliphatic heterocycles. The number of nitrogens with one attached hydrogen (secondary N) is 1. The molecule has 0 unspecified atom stereocenters. The molecule has 130 valence electrons. The van der Waals surface area contributed by atoms with Gasteiger partial charge in [0.15, 0.2) is 5.16 Å². The van der Waals surface area contributed by atoms with Crippen LogP contribution in [-0.4, -0.2) is 27.8 Å². The third-order valence-corrected chi connectivity index (χ3v) is 5.52. The Bertz CT molecular complexity index is 793. The van der Waals surface area contributed by atoms with E-state index in [4.69, 9.17) is 0 Å². The minimum absolute atomic E-state index is 0.0476. The second kappa shape index (κ2) is 8.48. The highest BCUT2D eigenvalue weighted by Crippen LogP contribution is 2.25. The number of thioether (sulfide) groups is 1. The zero-order chi connectivity index (χ0) is 17.7. The first-order chi connectivity index (χ1) is 11.5. The Morgan fingerprint density at radius 3 is 2.92 bits per heavy atom. The molecule has 1 N–H and O–H groups in total. The third-order valence-electron chi connectivity index (χ3n) is 3.37. The molecule has 2 heterocycles. The van der Waals surface area contributed by atoms with Crippen molar-refractivity contribution < 1.29 is 4.79 Å². The second-order valence-corrected chi connectivity index (χ2v) is 7.93. The van der Waals surface area contributed by atoms with E-state index in [1.165, 1.54) is 23.1 Å². The van der Waals surface area contributed by atoms with Crippen LogP contribution in [-0.2, 0) is 17.8 Å². The highest BCUT2D eigenvalue weighted by Gasteiger charge is 2.15. The summed E-state index contributed by atoms with van der Waals surface area (Å²) in [6.45, 7) is 10.9. The van der Waals surface area contributed by atoms with Gasteiger partial charge in [0.25, 0.3) is 5.56 Å². The van der Waals surface area contributed by atoms with Gasteiger partial charge in [-0.05, 0) is 18.4 Å². The largest absolute Gasteiger partial charge is 0.355 e. The molecule has 1 amide bonds. The number of carbonyl (C=O) groups is 1. The first-order valence-corrected chi connectivity index (χ1v) is 9.80. The summed E-state index contributed by atoms with van der Waals surface area (Å²) in [6, 6.07) is 1.92. The first-order valence-electron chi connectivity index (χ1n) is 7.99. The zero-order valence-electron chi connectivity index (χ0n) is 14.3. The van der Waals surface area contributed by atoms with E-state index in [9.17, 15) is 9.59 Å². The van der Waals surface area contributed by atoms with Crippen LogP contribution in [0.25, 0.3) is 10.2 Å². The van der Waals surface area contributed by atoms with Crippen molar-refractivity contribution in [2.24, 2.45) is 5.92 Å². The lowest BCUT2D eigenvalue weighted by molar-refractivity contribution is -0.118. The molecule has 0 spiro atoms. The van der Waals surface area contributed by atoms with Crippen LogP contribution in [0.4, 0.5) is 0 Å². The maximum Gasteiger partial charge on any atom is 0.263 e. The summed E-state index contributed by atoms with van der Waals surface area (Å²) >= 11 is 2.83. The van der Waals surface area contributed by atoms with Crippen molar-refractivity contribution in [3.05, 3.63) is 34.0 Å². The van der Waals surface area contributed by atoms with Gasteiger partial charge >= 0.3 is 0 Å². The maximum absolute atomic E-state index is 12.7. The number of nitrogens with zero attached hydrogens (tertiary/aromatic N) is 2. The zero-order valence-corrected chi connectivity index (χ0v) is 15.9. The Morgan fingerprint density at radius 1 is 1.54 bits per heavy atom. The normalized spacial score (nSPS) is 11.2. The van der Waals surface area contributed by atoms with Crippen molar-refractivity contribution in [2.45, 2.75) is 38.9 Å². The van der Waals surface area contributed by atoms with Crippen molar-refractivity contribution in [3.63, 3.8) is 0 Å². The van der Waals surface area contributed by atoms with E-state index in [1.54, 1.807) is 10.6 Å². The molecule has 7 heteroatoms. The van der Waals surface area contributed by atoms with Gasteiger partial charge in [-0.25, -0.2) is 4.98 Å². The van der Waals surface area contributed by atoms with Crippen LogP contribution in [0.2, 0.25) is 0 Å². The molecular formula is C17H23N3O2S2. The molecule has 0 saturated heterocycles. The van der Waals surface area contributed by atoms with Gasteiger partial charge in [0, 0.05) is 18.0 Å². The fourth-order valence-corrected chi connectivity index (χ4v) is 3.97. The number of fused-ring (bicyclic) bond motifs is 1. The van der Waals surface area contributed by atoms with Crippen LogP contribution in [0, 0.1) is 5.92 Å². The van der Waals surface area contributed by atoms with E-state index in [1.807, 2.05) is 19.9 Å². The molecule has 0 saturated carbocycles. The van der Waals surface area contributed by atoms with Crippen LogP contribution in [0.3, 0.4) is 0 Å². The van der Waals surface area contributed by atoms with Crippen molar-refractivity contribution in [3.8, 4) is 0 Å². The van der Waals surface area contributed by atoms with E-state index in [0.29, 0.717) is 29.6 Å². The molecule has 0 aliphatic rings. The lowest BCUT2D eigenvalue weighted by Crippen LogP contribution is -2.29.